The lowest BCUT2D eigenvalue weighted by atomic mass is 9.91. The van der Waals surface area contributed by atoms with Gasteiger partial charge in [-0.1, -0.05) is 19.3 Å². The first kappa shape index (κ1) is 15.5. The van der Waals surface area contributed by atoms with Crippen molar-refractivity contribution >= 4 is 0 Å². The van der Waals surface area contributed by atoms with Crippen molar-refractivity contribution in [3.63, 3.8) is 0 Å². The summed E-state index contributed by atoms with van der Waals surface area (Å²) in [5.41, 5.74) is 0. The molecule has 0 heterocycles. The van der Waals surface area contributed by atoms with Gasteiger partial charge in [-0.15, -0.1) is 0 Å². The molecule has 0 aliphatic heterocycles. The summed E-state index contributed by atoms with van der Waals surface area (Å²) in [6.45, 7) is 0. The lowest BCUT2D eigenvalue weighted by Gasteiger charge is -2.14. The highest BCUT2D eigenvalue weighted by Gasteiger charge is 2.08. The standard InChI is InChI=1S/C14H21N3/c15-11-5-2-1-3-8-14(10-7-13-17)9-4-6-12-16/h14H,1-10H2. The zero-order valence-corrected chi connectivity index (χ0v) is 10.5. The van der Waals surface area contributed by atoms with Gasteiger partial charge in [-0.3, -0.25) is 0 Å². The van der Waals surface area contributed by atoms with Crippen LogP contribution in [0.1, 0.15) is 64.2 Å². The molecule has 0 N–H and O–H groups in total. The Kier molecular flexibility index (Phi) is 11.4. The minimum Gasteiger partial charge on any atom is -0.198 e. The molecule has 0 saturated carbocycles. The quantitative estimate of drug-likeness (QED) is 0.532. The van der Waals surface area contributed by atoms with Gasteiger partial charge in [0.2, 0.25) is 0 Å². The van der Waals surface area contributed by atoms with Crippen molar-refractivity contribution in [3.05, 3.63) is 0 Å². The highest BCUT2D eigenvalue weighted by Crippen LogP contribution is 2.21. The molecule has 92 valence electrons. The van der Waals surface area contributed by atoms with E-state index in [1.165, 1.54) is 0 Å². The molecule has 17 heavy (non-hydrogen) atoms. The molecule has 0 rings (SSSR count). The molecule has 1 unspecified atom stereocenters. The van der Waals surface area contributed by atoms with Crippen molar-refractivity contribution in [3.8, 4) is 18.2 Å². The lowest BCUT2D eigenvalue weighted by Crippen LogP contribution is -2.00. The number of nitriles is 3. The van der Waals surface area contributed by atoms with Gasteiger partial charge in [0.1, 0.15) is 0 Å². The van der Waals surface area contributed by atoms with Gasteiger partial charge in [-0.25, -0.2) is 0 Å². The van der Waals surface area contributed by atoms with Gasteiger partial charge < -0.3 is 0 Å². The fourth-order valence-corrected chi connectivity index (χ4v) is 1.99. The maximum atomic E-state index is 8.59. The normalized spacial score (nSPS) is 11.1. The zero-order valence-electron chi connectivity index (χ0n) is 10.5. The zero-order chi connectivity index (χ0) is 12.8. The highest BCUT2D eigenvalue weighted by atomic mass is 14.2. The van der Waals surface area contributed by atoms with Crippen LogP contribution < -0.4 is 0 Å². The topological polar surface area (TPSA) is 71.4 Å². The van der Waals surface area contributed by atoms with Gasteiger partial charge in [0.25, 0.3) is 0 Å². The summed E-state index contributed by atoms with van der Waals surface area (Å²) in [6, 6.07) is 6.51. The predicted octanol–water partition coefficient (Wildman–Crippen LogP) is 4.07. The van der Waals surface area contributed by atoms with Crippen molar-refractivity contribution in [1.29, 1.82) is 15.8 Å². The van der Waals surface area contributed by atoms with Crippen LogP contribution in [0.15, 0.2) is 0 Å². The molecular formula is C14H21N3. The Hall–Kier alpha value is -1.53. The van der Waals surface area contributed by atoms with Crippen LogP contribution in [0.5, 0.6) is 0 Å². The first-order valence-corrected chi connectivity index (χ1v) is 6.46. The van der Waals surface area contributed by atoms with E-state index in [4.69, 9.17) is 15.8 Å². The number of unbranched alkanes of at least 4 members (excludes halogenated alkanes) is 4. The van der Waals surface area contributed by atoms with Crippen molar-refractivity contribution in [1.82, 2.24) is 0 Å². The number of rotatable bonds is 10. The van der Waals surface area contributed by atoms with Crippen LogP contribution in [0.25, 0.3) is 0 Å². The molecule has 0 aromatic rings. The number of nitrogens with zero attached hydrogens (tertiary/aromatic N) is 3. The molecule has 3 nitrogen and oxygen atoms in total. The van der Waals surface area contributed by atoms with E-state index in [9.17, 15) is 0 Å². The summed E-state index contributed by atoms with van der Waals surface area (Å²) in [6.07, 6.45) is 9.24. The smallest absolute Gasteiger partial charge is 0.0621 e. The molecule has 0 saturated heterocycles. The fourth-order valence-electron chi connectivity index (χ4n) is 1.99. The van der Waals surface area contributed by atoms with E-state index in [-0.39, 0.29) is 0 Å². The Morgan fingerprint density at radius 1 is 0.588 bits per heavy atom. The molecule has 0 radical (unpaired) electrons. The molecule has 0 aromatic carbocycles. The SMILES string of the molecule is N#CCCCCCC(CCC#N)CCCC#N. The minimum absolute atomic E-state index is 0.588. The van der Waals surface area contributed by atoms with Crippen LogP contribution in [0, 0.1) is 39.9 Å². The molecule has 0 aliphatic carbocycles. The van der Waals surface area contributed by atoms with Gasteiger partial charge in [0, 0.05) is 19.3 Å². The van der Waals surface area contributed by atoms with Gasteiger partial charge in [0.05, 0.1) is 18.2 Å². The third-order valence-electron chi connectivity index (χ3n) is 2.97. The van der Waals surface area contributed by atoms with Crippen molar-refractivity contribution in [2.45, 2.75) is 64.2 Å². The van der Waals surface area contributed by atoms with E-state index >= 15 is 0 Å². The van der Waals surface area contributed by atoms with Gasteiger partial charge in [-0.05, 0) is 31.6 Å². The van der Waals surface area contributed by atoms with Crippen LogP contribution in [-0.2, 0) is 0 Å². The molecule has 0 fully saturated rings. The molecule has 3 heteroatoms. The average Bonchev–Trinajstić information content (AvgIpc) is 2.35. The van der Waals surface area contributed by atoms with Crippen LogP contribution >= 0.6 is 0 Å². The predicted molar refractivity (Wildman–Crippen MR) is 66.5 cm³/mol. The Morgan fingerprint density at radius 2 is 1.18 bits per heavy atom. The summed E-state index contributed by atoms with van der Waals surface area (Å²) in [5, 5.41) is 25.5. The van der Waals surface area contributed by atoms with Gasteiger partial charge >= 0.3 is 0 Å². The largest absolute Gasteiger partial charge is 0.198 e. The Balaban J connectivity index is 3.66. The van der Waals surface area contributed by atoms with E-state index in [2.05, 4.69) is 18.2 Å². The molecular weight excluding hydrogens is 210 g/mol. The van der Waals surface area contributed by atoms with Crippen molar-refractivity contribution in [2.75, 3.05) is 0 Å². The third-order valence-corrected chi connectivity index (χ3v) is 2.97. The van der Waals surface area contributed by atoms with Crippen molar-refractivity contribution < 1.29 is 0 Å². The Bertz CT molecular complexity index is 290. The van der Waals surface area contributed by atoms with Crippen LogP contribution in [0.2, 0.25) is 0 Å². The van der Waals surface area contributed by atoms with E-state index in [0.29, 0.717) is 25.2 Å². The maximum absolute atomic E-state index is 8.59. The lowest BCUT2D eigenvalue weighted by molar-refractivity contribution is 0.396. The van der Waals surface area contributed by atoms with Crippen LogP contribution in [0.4, 0.5) is 0 Å². The summed E-state index contributed by atoms with van der Waals surface area (Å²) in [4.78, 5) is 0. The second kappa shape index (κ2) is 12.5. The van der Waals surface area contributed by atoms with Gasteiger partial charge in [0.15, 0.2) is 0 Å². The number of hydrogen-bond donors (Lipinski definition) is 0. The maximum Gasteiger partial charge on any atom is 0.0621 e. The second-order valence-corrected chi connectivity index (χ2v) is 4.37. The molecule has 0 bridgehead atoms. The minimum atomic E-state index is 0.588. The number of hydrogen-bond acceptors (Lipinski definition) is 3. The Labute approximate surface area is 105 Å². The first-order valence-electron chi connectivity index (χ1n) is 6.46. The molecule has 0 aromatic heterocycles. The van der Waals surface area contributed by atoms with Gasteiger partial charge in [-0.2, -0.15) is 15.8 Å². The molecule has 0 spiro atoms. The third kappa shape index (κ3) is 10.7. The van der Waals surface area contributed by atoms with E-state index < -0.39 is 0 Å². The van der Waals surface area contributed by atoms with Crippen LogP contribution in [0.3, 0.4) is 0 Å². The second-order valence-electron chi connectivity index (χ2n) is 4.37. The van der Waals surface area contributed by atoms with E-state index in [0.717, 1.165) is 44.9 Å². The summed E-state index contributed by atoms with van der Waals surface area (Å²) >= 11 is 0. The van der Waals surface area contributed by atoms with E-state index in [1.54, 1.807) is 0 Å². The van der Waals surface area contributed by atoms with E-state index in [1.807, 2.05) is 0 Å². The average molecular weight is 231 g/mol. The monoisotopic (exact) mass is 231 g/mol. The summed E-state index contributed by atoms with van der Waals surface area (Å²) in [5.74, 6) is 0.588. The summed E-state index contributed by atoms with van der Waals surface area (Å²) in [7, 11) is 0. The van der Waals surface area contributed by atoms with Crippen LogP contribution in [-0.4, -0.2) is 0 Å². The van der Waals surface area contributed by atoms with Crippen molar-refractivity contribution in [2.24, 2.45) is 5.92 Å². The molecule has 0 aliphatic rings. The molecule has 1 atom stereocenters. The summed E-state index contributed by atoms with van der Waals surface area (Å²) < 4.78 is 0. The first-order chi connectivity index (χ1) is 8.35. The Morgan fingerprint density at radius 3 is 1.82 bits per heavy atom. The molecule has 0 amide bonds. The highest BCUT2D eigenvalue weighted by molar-refractivity contribution is 4.75. The fraction of sp³-hybridized carbons (Fsp3) is 0.786.